The molecule has 1 amide bonds. The van der Waals surface area contributed by atoms with Crippen LogP contribution in [-0.2, 0) is 11.2 Å². The van der Waals surface area contributed by atoms with Crippen molar-refractivity contribution in [1.82, 2.24) is 5.32 Å². The predicted octanol–water partition coefficient (Wildman–Crippen LogP) is 4.08. The van der Waals surface area contributed by atoms with E-state index in [1.807, 2.05) is 0 Å². The fourth-order valence-corrected chi connectivity index (χ4v) is 3.65. The highest BCUT2D eigenvalue weighted by molar-refractivity contribution is 5.83. The number of hydrogen-bond donors (Lipinski definition) is 1. The van der Waals surface area contributed by atoms with Crippen molar-refractivity contribution in [2.24, 2.45) is 5.92 Å². The molecular weight excluding hydrogens is 258 g/mol. The third-order valence-corrected chi connectivity index (χ3v) is 4.39. The maximum atomic E-state index is 11.7. The van der Waals surface area contributed by atoms with Crippen LogP contribution >= 0.6 is 0 Å². The SMILES string of the molecule is CC(C)CC1(Cc2ccc3ccccc3c2)CCC(=O)N1. The molecule has 21 heavy (non-hydrogen) atoms. The summed E-state index contributed by atoms with van der Waals surface area (Å²) >= 11 is 0. The van der Waals surface area contributed by atoms with Gasteiger partial charge in [-0.05, 0) is 41.5 Å². The monoisotopic (exact) mass is 281 g/mol. The second kappa shape index (κ2) is 5.51. The lowest BCUT2D eigenvalue weighted by molar-refractivity contribution is -0.119. The first-order chi connectivity index (χ1) is 10.1. The van der Waals surface area contributed by atoms with Crippen molar-refractivity contribution in [2.75, 3.05) is 0 Å². The van der Waals surface area contributed by atoms with E-state index in [0.29, 0.717) is 12.3 Å². The molecular formula is C19H23NO. The molecule has 0 bridgehead atoms. The molecule has 0 saturated carbocycles. The van der Waals surface area contributed by atoms with E-state index in [4.69, 9.17) is 0 Å². The molecule has 1 aliphatic heterocycles. The lowest BCUT2D eigenvalue weighted by atomic mass is 9.82. The summed E-state index contributed by atoms with van der Waals surface area (Å²) < 4.78 is 0. The molecule has 1 atom stereocenters. The van der Waals surface area contributed by atoms with Gasteiger partial charge in [0.2, 0.25) is 5.91 Å². The van der Waals surface area contributed by atoms with E-state index in [9.17, 15) is 4.79 Å². The van der Waals surface area contributed by atoms with Crippen molar-refractivity contribution >= 4 is 16.7 Å². The molecule has 1 saturated heterocycles. The molecule has 0 aromatic heterocycles. The van der Waals surface area contributed by atoms with Gasteiger partial charge in [0.25, 0.3) is 0 Å². The lowest BCUT2D eigenvalue weighted by Crippen LogP contribution is -2.44. The molecule has 3 rings (SSSR count). The zero-order valence-corrected chi connectivity index (χ0v) is 12.9. The number of benzene rings is 2. The van der Waals surface area contributed by atoms with Crippen LogP contribution in [0.5, 0.6) is 0 Å². The fraction of sp³-hybridized carbons (Fsp3) is 0.421. The molecule has 110 valence electrons. The molecule has 1 unspecified atom stereocenters. The summed E-state index contributed by atoms with van der Waals surface area (Å²) in [7, 11) is 0. The number of amides is 1. The van der Waals surface area contributed by atoms with Crippen molar-refractivity contribution in [3.8, 4) is 0 Å². The van der Waals surface area contributed by atoms with Gasteiger partial charge in [0.05, 0.1) is 0 Å². The summed E-state index contributed by atoms with van der Waals surface area (Å²) in [6.07, 6.45) is 3.60. The van der Waals surface area contributed by atoms with Crippen molar-refractivity contribution in [2.45, 2.75) is 45.1 Å². The first-order valence-corrected chi connectivity index (χ1v) is 7.85. The molecule has 0 radical (unpaired) electrons. The molecule has 2 heteroatoms. The Kier molecular flexibility index (Phi) is 3.71. The van der Waals surface area contributed by atoms with Gasteiger partial charge in [-0.25, -0.2) is 0 Å². The van der Waals surface area contributed by atoms with Crippen LogP contribution in [-0.4, -0.2) is 11.4 Å². The number of rotatable bonds is 4. The predicted molar refractivity (Wildman–Crippen MR) is 87.2 cm³/mol. The molecule has 1 N–H and O–H groups in total. The van der Waals surface area contributed by atoms with Crippen LogP contribution in [0.2, 0.25) is 0 Å². The molecule has 1 aliphatic rings. The largest absolute Gasteiger partial charge is 0.350 e. The summed E-state index contributed by atoms with van der Waals surface area (Å²) in [5, 5.41) is 5.81. The minimum absolute atomic E-state index is 0.0479. The molecule has 2 nitrogen and oxygen atoms in total. The Morgan fingerprint density at radius 1 is 1.14 bits per heavy atom. The van der Waals surface area contributed by atoms with E-state index in [1.54, 1.807) is 0 Å². The quantitative estimate of drug-likeness (QED) is 0.899. The zero-order chi connectivity index (χ0) is 14.9. The highest BCUT2D eigenvalue weighted by Crippen LogP contribution is 2.32. The fourth-order valence-electron chi connectivity index (χ4n) is 3.65. The van der Waals surface area contributed by atoms with Crippen LogP contribution in [0.4, 0.5) is 0 Å². The minimum Gasteiger partial charge on any atom is -0.350 e. The maximum Gasteiger partial charge on any atom is 0.220 e. The van der Waals surface area contributed by atoms with Crippen LogP contribution < -0.4 is 5.32 Å². The number of carbonyl (C=O) groups is 1. The summed E-state index contributed by atoms with van der Waals surface area (Å²) in [5.41, 5.74) is 1.27. The van der Waals surface area contributed by atoms with Gasteiger partial charge in [0.1, 0.15) is 0 Å². The summed E-state index contributed by atoms with van der Waals surface area (Å²) in [6.45, 7) is 4.46. The van der Waals surface area contributed by atoms with Gasteiger partial charge >= 0.3 is 0 Å². The minimum atomic E-state index is -0.0479. The molecule has 0 spiro atoms. The van der Waals surface area contributed by atoms with Gasteiger partial charge in [-0.3, -0.25) is 4.79 Å². The van der Waals surface area contributed by atoms with E-state index in [0.717, 1.165) is 19.3 Å². The molecule has 1 fully saturated rings. The second-order valence-corrected chi connectivity index (χ2v) is 6.78. The number of fused-ring (bicyclic) bond motifs is 1. The average Bonchev–Trinajstić information content (AvgIpc) is 2.78. The maximum absolute atomic E-state index is 11.7. The standard InChI is InChI=1S/C19H23NO/c1-14(2)12-19(10-9-18(21)20-19)13-15-7-8-16-5-3-4-6-17(16)11-15/h3-8,11,14H,9-10,12-13H2,1-2H3,(H,20,21). The van der Waals surface area contributed by atoms with E-state index < -0.39 is 0 Å². The Morgan fingerprint density at radius 2 is 1.90 bits per heavy atom. The first-order valence-electron chi connectivity index (χ1n) is 7.85. The average molecular weight is 281 g/mol. The lowest BCUT2D eigenvalue weighted by Gasteiger charge is -2.31. The van der Waals surface area contributed by atoms with Crippen LogP contribution in [0.1, 0.15) is 38.7 Å². The normalized spacial score (nSPS) is 22.0. The van der Waals surface area contributed by atoms with Crippen LogP contribution in [0, 0.1) is 5.92 Å². The van der Waals surface area contributed by atoms with E-state index >= 15 is 0 Å². The second-order valence-electron chi connectivity index (χ2n) is 6.78. The van der Waals surface area contributed by atoms with Crippen LogP contribution in [0.3, 0.4) is 0 Å². The Hall–Kier alpha value is -1.83. The van der Waals surface area contributed by atoms with E-state index in [2.05, 4.69) is 61.6 Å². The van der Waals surface area contributed by atoms with Gasteiger partial charge in [-0.2, -0.15) is 0 Å². The molecule has 1 heterocycles. The van der Waals surface area contributed by atoms with Crippen molar-refractivity contribution in [3.05, 3.63) is 48.0 Å². The highest BCUT2D eigenvalue weighted by Gasteiger charge is 2.37. The van der Waals surface area contributed by atoms with Crippen LogP contribution in [0.25, 0.3) is 10.8 Å². The smallest absolute Gasteiger partial charge is 0.220 e. The topological polar surface area (TPSA) is 29.1 Å². The summed E-state index contributed by atoms with van der Waals surface area (Å²) in [5.74, 6) is 0.792. The van der Waals surface area contributed by atoms with Crippen LogP contribution in [0.15, 0.2) is 42.5 Å². The van der Waals surface area contributed by atoms with Gasteiger partial charge in [-0.1, -0.05) is 56.3 Å². The number of carbonyl (C=O) groups excluding carboxylic acids is 1. The molecule has 2 aromatic carbocycles. The van der Waals surface area contributed by atoms with Gasteiger partial charge in [0.15, 0.2) is 0 Å². The van der Waals surface area contributed by atoms with Crippen molar-refractivity contribution < 1.29 is 4.79 Å². The van der Waals surface area contributed by atoms with Crippen molar-refractivity contribution in [3.63, 3.8) is 0 Å². The molecule has 0 aliphatic carbocycles. The Bertz CT molecular complexity index is 661. The van der Waals surface area contributed by atoms with Crippen molar-refractivity contribution in [1.29, 1.82) is 0 Å². The Morgan fingerprint density at radius 3 is 2.57 bits per heavy atom. The summed E-state index contributed by atoms with van der Waals surface area (Å²) in [6, 6.07) is 15.1. The highest BCUT2D eigenvalue weighted by atomic mass is 16.2. The first kappa shape index (κ1) is 14.1. The number of nitrogens with one attached hydrogen (secondary N) is 1. The Labute approximate surface area is 126 Å². The van der Waals surface area contributed by atoms with E-state index in [-0.39, 0.29) is 11.4 Å². The van der Waals surface area contributed by atoms with Gasteiger partial charge in [0, 0.05) is 12.0 Å². The zero-order valence-electron chi connectivity index (χ0n) is 12.9. The van der Waals surface area contributed by atoms with Gasteiger partial charge in [-0.15, -0.1) is 0 Å². The van der Waals surface area contributed by atoms with E-state index in [1.165, 1.54) is 16.3 Å². The van der Waals surface area contributed by atoms with Gasteiger partial charge < -0.3 is 5.32 Å². The third-order valence-electron chi connectivity index (χ3n) is 4.39. The third kappa shape index (κ3) is 3.10. The number of hydrogen-bond acceptors (Lipinski definition) is 1. The molecule has 2 aromatic rings. The summed E-state index contributed by atoms with van der Waals surface area (Å²) in [4.78, 5) is 11.7. The Balaban J connectivity index is 1.88.